The summed E-state index contributed by atoms with van der Waals surface area (Å²) in [7, 11) is 1.36. The Morgan fingerprint density at radius 2 is 2.36 bits per heavy atom. The average Bonchev–Trinajstić information content (AvgIpc) is 2.55. The molecule has 0 atom stereocenters. The van der Waals surface area contributed by atoms with Gasteiger partial charge in [0.1, 0.15) is 0 Å². The number of ether oxygens (including phenoxy) is 1. The molecule has 0 aliphatic rings. The second kappa shape index (κ2) is 4.60. The number of H-pyrrole nitrogens is 1. The SMILES string of the molecule is COC(=O)CCc1cc(C)c(C=O)[nH]1. The molecule has 0 bridgehead atoms. The van der Waals surface area contributed by atoms with Crippen molar-refractivity contribution in [3.05, 3.63) is 23.0 Å². The minimum atomic E-state index is -0.245. The summed E-state index contributed by atoms with van der Waals surface area (Å²) in [4.78, 5) is 24.3. The number of aryl methyl sites for hydroxylation is 2. The van der Waals surface area contributed by atoms with Crippen molar-refractivity contribution < 1.29 is 14.3 Å². The van der Waals surface area contributed by atoms with Crippen LogP contribution < -0.4 is 0 Å². The zero-order valence-electron chi connectivity index (χ0n) is 8.29. The van der Waals surface area contributed by atoms with Crippen molar-refractivity contribution in [3.63, 3.8) is 0 Å². The van der Waals surface area contributed by atoms with Gasteiger partial charge in [-0.25, -0.2) is 0 Å². The molecule has 1 rings (SSSR count). The summed E-state index contributed by atoms with van der Waals surface area (Å²) >= 11 is 0. The number of aldehydes is 1. The van der Waals surface area contributed by atoms with E-state index in [9.17, 15) is 9.59 Å². The van der Waals surface area contributed by atoms with E-state index in [0.717, 1.165) is 17.5 Å². The van der Waals surface area contributed by atoms with Gasteiger partial charge in [0.25, 0.3) is 0 Å². The van der Waals surface area contributed by atoms with E-state index in [1.54, 1.807) is 0 Å². The Labute approximate surface area is 82.3 Å². The predicted octanol–water partition coefficient (Wildman–Crippen LogP) is 1.24. The minimum absolute atomic E-state index is 0.245. The minimum Gasteiger partial charge on any atom is -0.469 e. The maximum atomic E-state index is 10.8. The number of carbonyl (C=O) groups excluding carboxylic acids is 2. The van der Waals surface area contributed by atoms with Gasteiger partial charge < -0.3 is 9.72 Å². The summed E-state index contributed by atoms with van der Waals surface area (Å²) in [6, 6.07) is 1.87. The number of methoxy groups -OCH3 is 1. The van der Waals surface area contributed by atoms with Crippen LogP contribution in [0.5, 0.6) is 0 Å². The molecule has 0 aromatic carbocycles. The summed E-state index contributed by atoms with van der Waals surface area (Å²) in [6.07, 6.45) is 1.67. The highest BCUT2D eigenvalue weighted by atomic mass is 16.5. The Kier molecular flexibility index (Phi) is 3.45. The second-order valence-corrected chi connectivity index (χ2v) is 3.09. The fourth-order valence-electron chi connectivity index (χ4n) is 1.24. The molecule has 0 radical (unpaired) electrons. The Morgan fingerprint density at radius 3 is 2.86 bits per heavy atom. The van der Waals surface area contributed by atoms with Crippen molar-refractivity contribution in [2.24, 2.45) is 0 Å². The van der Waals surface area contributed by atoms with Gasteiger partial charge in [0.15, 0.2) is 6.29 Å². The molecule has 1 aromatic rings. The third kappa shape index (κ3) is 2.45. The van der Waals surface area contributed by atoms with E-state index in [-0.39, 0.29) is 5.97 Å². The molecular formula is C10H13NO3. The zero-order valence-corrected chi connectivity index (χ0v) is 8.29. The first kappa shape index (κ1) is 10.5. The number of esters is 1. The molecule has 76 valence electrons. The highest BCUT2D eigenvalue weighted by Crippen LogP contribution is 2.09. The third-order valence-electron chi connectivity index (χ3n) is 2.05. The molecule has 0 fully saturated rings. The lowest BCUT2D eigenvalue weighted by Crippen LogP contribution is -2.02. The number of hydrogen-bond donors (Lipinski definition) is 1. The van der Waals surface area contributed by atoms with Gasteiger partial charge in [-0.1, -0.05) is 0 Å². The fourth-order valence-corrected chi connectivity index (χ4v) is 1.24. The number of aromatic nitrogens is 1. The molecule has 1 N–H and O–H groups in total. The number of aromatic amines is 1. The highest BCUT2D eigenvalue weighted by Gasteiger charge is 2.05. The van der Waals surface area contributed by atoms with Crippen LogP contribution in [-0.2, 0) is 16.0 Å². The van der Waals surface area contributed by atoms with Gasteiger partial charge in [0.2, 0.25) is 0 Å². The van der Waals surface area contributed by atoms with Crippen molar-refractivity contribution in [2.45, 2.75) is 19.8 Å². The maximum absolute atomic E-state index is 10.8. The quantitative estimate of drug-likeness (QED) is 0.581. The van der Waals surface area contributed by atoms with Crippen molar-refractivity contribution in [1.29, 1.82) is 0 Å². The van der Waals surface area contributed by atoms with Gasteiger partial charge in [-0.2, -0.15) is 0 Å². The van der Waals surface area contributed by atoms with Gasteiger partial charge in [0.05, 0.1) is 19.2 Å². The van der Waals surface area contributed by atoms with Gasteiger partial charge in [-0.3, -0.25) is 9.59 Å². The monoisotopic (exact) mass is 195 g/mol. The van der Waals surface area contributed by atoms with Crippen LogP contribution in [0.15, 0.2) is 6.07 Å². The molecule has 14 heavy (non-hydrogen) atoms. The molecule has 4 heteroatoms. The Morgan fingerprint density at radius 1 is 1.64 bits per heavy atom. The first-order chi connectivity index (χ1) is 6.67. The number of carbonyl (C=O) groups is 2. The van der Waals surface area contributed by atoms with E-state index < -0.39 is 0 Å². The second-order valence-electron chi connectivity index (χ2n) is 3.09. The summed E-state index contributed by atoms with van der Waals surface area (Å²) in [6.45, 7) is 1.85. The van der Waals surface area contributed by atoms with Crippen LogP contribution in [0.25, 0.3) is 0 Å². The smallest absolute Gasteiger partial charge is 0.305 e. The van der Waals surface area contributed by atoms with Crippen LogP contribution in [0.3, 0.4) is 0 Å². The standard InChI is InChI=1S/C10H13NO3/c1-7-5-8(11-9(7)6-12)3-4-10(13)14-2/h5-6,11H,3-4H2,1-2H3. The summed E-state index contributed by atoms with van der Waals surface area (Å²) in [5, 5.41) is 0. The van der Waals surface area contributed by atoms with E-state index in [0.29, 0.717) is 18.5 Å². The van der Waals surface area contributed by atoms with Crippen LogP contribution in [0, 0.1) is 6.92 Å². The van der Waals surface area contributed by atoms with Gasteiger partial charge >= 0.3 is 5.97 Å². The molecule has 0 spiro atoms. The lowest BCUT2D eigenvalue weighted by atomic mass is 10.2. The third-order valence-corrected chi connectivity index (χ3v) is 2.05. The lowest BCUT2D eigenvalue weighted by molar-refractivity contribution is -0.140. The van der Waals surface area contributed by atoms with Crippen LogP contribution in [0.2, 0.25) is 0 Å². The summed E-state index contributed by atoms with van der Waals surface area (Å²) in [5.74, 6) is -0.245. The van der Waals surface area contributed by atoms with Crippen LogP contribution >= 0.6 is 0 Å². The molecule has 0 aliphatic carbocycles. The molecular weight excluding hydrogens is 182 g/mol. The summed E-state index contributed by atoms with van der Waals surface area (Å²) in [5.41, 5.74) is 2.36. The van der Waals surface area contributed by atoms with Crippen molar-refractivity contribution in [1.82, 2.24) is 4.98 Å². The highest BCUT2D eigenvalue weighted by molar-refractivity contribution is 5.75. The Hall–Kier alpha value is -1.58. The van der Waals surface area contributed by atoms with E-state index >= 15 is 0 Å². The average molecular weight is 195 g/mol. The van der Waals surface area contributed by atoms with Crippen molar-refractivity contribution in [3.8, 4) is 0 Å². The lowest BCUT2D eigenvalue weighted by Gasteiger charge is -1.96. The Bertz CT molecular complexity index is 341. The number of hydrogen-bond acceptors (Lipinski definition) is 3. The van der Waals surface area contributed by atoms with E-state index in [4.69, 9.17) is 0 Å². The van der Waals surface area contributed by atoms with Gasteiger partial charge in [0, 0.05) is 5.69 Å². The van der Waals surface area contributed by atoms with Crippen LogP contribution in [0.4, 0.5) is 0 Å². The molecule has 0 saturated heterocycles. The Balaban J connectivity index is 2.59. The number of nitrogens with one attached hydrogen (secondary N) is 1. The van der Waals surface area contributed by atoms with Crippen LogP contribution in [0.1, 0.15) is 28.2 Å². The maximum Gasteiger partial charge on any atom is 0.305 e. The fraction of sp³-hybridized carbons (Fsp3) is 0.400. The van der Waals surface area contributed by atoms with Gasteiger partial charge in [-0.15, -0.1) is 0 Å². The normalized spacial score (nSPS) is 9.86. The molecule has 1 heterocycles. The van der Waals surface area contributed by atoms with Crippen LogP contribution in [-0.4, -0.2) is 24.3 Å². The zero-order chi connectivity index (χ0) is 10.6. The first-order valence-electron chi connectivity index (χ1n) is 4.38. The molecule has 0 unspecified atom stereocenters. The predicted molar refractivity (Wildman–Crippen MR) is 51.3 cm³/mol. The molecule has 0 amide bonds. The summed E-state index contributed by atoms with van der Waals surface area (Å²) < 4.78 is 4.51. The van der Waals surface area contributed by atoms with Gasteiger partial charge in [-0.05, 0) is 25.0 Å². The first-order valence-corrected chi connectivity index (χ1v) is 4.38. The molecule has 0 saturated carbocycles. The van der Waals surface area contributed by atoms with Crippen molar-refractivity contribution in [2.75, 3.05) is 7.11 Å². The van der Waals surface area contributed by atoms with E-state index in [1.165, 1.54) is 7.11 Å². The van der Waals surface area contributed by atoms with E-state index in [2.05, 4.69) is 9.72 Å². The topological polar surface area (TPSA) is 59.2 Å². The molecule has 0 aliphatic heterocycles. The van der Waals surface area contributed by atoms with Crippen molar-refractivity contribution >= 4 is 12.3 Å². The molecule has 4 nitrogen and oxygen atoms in total. The van der Waals surface area contributed by atoms with E-state index in [1.807, 2.05) is 13.0 Å². The number of rotatable bonds is 4. The molecule has 1 aromatic heterocycles. The largest absolute Gasteiger partial charge is 0.469 e.